The van der Waals surface area contributed by atoms with Crippen LogP contribution in [0.5, 0.6) is 5.75 Å². The fourth-order valence-corrected chi connectivity index (χ4v) is 2.51. The lowest BCUT2D eigenvalue weighted by Crippen LogP contribution is -2.34. The van der Waals surface area contributed by atoms with Crippen LogP contribution in [0.25, 0.3) is 11.3 Å². The number of nitrogen functional groups attached to an aromatic ring is 1. The van der Waals surface area contributed by atoms with Gasteiger partial charge in [-0.25, -0.2) is 4.98 Å². The van der Waals surface area contributed by atoms with Crippen LogP contribution in [-0.4, -0.2) is 41.6 Å². The molecule has 0 saturated carbocycles. The van der Waals surface area contributed by atoms with Crippen molar-refractivity contribution in [1.29, 1.82) is 0 Å². The number of hydrogen-bond donors (Lipinski definition) is 2. The summed E-state index contributed by atoms with van der Waals surface area (Å²) in [6.07, 6.45) is 0. The van der Waals surface area contributed by atoms with Gasteiger partial charge in [-0.3, -0.25) is 4.79 Å². The third-order valence-corrected chi connectivity index (χ3v) is 3.73. The molecule has 1 amide bonds. The third-order valence-electron chi connectivity index (χ3n) is 3.73. The molecule has 140 valence electrons. The van der Waals surface area contributed by atoms with Gasteiger partial charge in [-0.1, -0.05) is 12.1 Å². The lowest BCUT2D eigenvalue weighted by Gasteiger charge is -2.19. The average Bonchev–Trinajstić information content (AvgIpc) is 2.60. The Morgan fingerprint density at radius 1 is 1.23 bits per heavy atom. The van der Waals surface area contributed by atoms with E-state index >= 15 is 0 Å². The molecule has 0 bridgehead atoms. The molecule has 3 N–H and O–H groups in total. The second-order valence-electron chi connectivity index (χ2n) is 6.19. The summed E-state index contributed by atoms with van der Waals surface area (Å²) in [5, 5.41) is 2.79. The molecule has 0 atom stereocenters. The number of benzene rings is 1. The number of nitrogens with zero attached hydrogens (tertiary/aromatic N) is 3. The van der Waals surface area contributed by atoms with Gasteiger partial charge in [0.05, 0.1) is 5.69 Å². The molecule has 7 heteroatoms. The van der Waals surface area contributed by atoms with E-state index in [4.69, 9.17) is 10.5 Å². The third kappa shape index (κ3) is 5.34. The Morgan fingerprint density at radius 2 is 1.96 bits per heavy atom. The predicted molar refractivity (Wildman–Crippen MR) is 104 cm³/mol. The number of carbonyl (C=O) groups excluding carboxylic acids is 1. The quantitative estimate of drug-likeness (QED) is 0.754. The van der Waals surface area contributed by atoms with Crippen LogP contribution in [0.15, 0.2) is 30.3 Å². The Morgan fingerprint density at radius 3 is 2.62 bits per heavy atom. The number of rotatable bonds is 8. The van der Waals surface area contributed by atoms with Crippen molar-refractivity contribution in [3.63, 3.8) is 0 Å². The molecule has 26 heavy (non-hydrogen) atoms. The highest BCUT2D eigenvalue weighted by Crippen LogP contribution is 2.25. The average molecular weight is 357 g/mol. The molecular formula is C19H27N5O2. The minimum Gasteiger partial charge on any atom is -0.484 e. The molecule has 0 unspecified atom stereocenters. The molecule has 2 rings (SSSR count). The molecular weight excluding hydrogens is 330 g/mol. The van der Waals surface area contributed by atoms with E-state index in [0.717, 1.165) is 24.3 Å². The smallest absolute Gasteiger partial charge is 0.258 e. The molecule has 0 aliphatic carbocycles. The monoisotopic (exact) mass is 357 g/mol. The maximum atomic E-state index is 11.7. The largest absolute Gasteiger partial charge is 0.484 e. The van der Waals surface area contributed by atoms with E-state index in [1.807, 2.05) is 56.9 Å². The molecule has 1 heterocycles. The lowest BCUT2D eigenvalue weighted by atomic mass is 10.1. The number of amides is 1. The van der Waals surface area contributed by atoms with Crippen LogP contribution in [0, 0.1) is 0 Å². The van der Waals surface area contributed by atoms with E-state index in [0.29, 0.717) is 17.5 Å². The van der Waals surface area contributed by atoms with Gasteiger partial charge in [-0.2, -0.15) is 4.98 Å². The second-order valence-corrected chi connectivity index (χ2v) is 6.19. The Kier molecular flexibility index (Phi) is 6.77. The topological polar surface area (TPSA) is 93.4 Å². The first-order chi connectivity index (χ1) is 12.4. The SMILES string of the molecule is CCN(CC)c1nc(N)cc(-c2cccc(OCC(=O)NC(C)C)c2)n1. The van der Waals surface area contributed by atoms with Crippen LogP contribution < -0.4 is 20.7 Å². The van der Waals surface area contributed by atoms with Crippen molar-refractivity contribution in [3.05, 3.63) is 30.3 Å². The maximum absolute atomic E-state index is 11.7. The number of hydrogen-bond acceptors (Lipinski definition) is 6. The van der Waals surface area contributed by atoms with Crippen molar-refractivity contribution >= 4 is 17.7 Å². The fraction of sp³-hybridized carbons (Fsp3) is 0.421. The summed E-state index contributed by atoms with van der Waals surface area (Å²) in [6, 6.07) is 9.26. The Balaban J connectivity index is 2.20. The summed E-state index contributed by atoms with van der Waals surface area (Å²) in [5.41, 5.74) is 7.54. The minimum absolute atomic E-state index is 0.0295. The number of carbonyl (C=O) groups is 1. The summed E-state index contributed by atoms with van der Waals surface area (Å²) in [6.45, 7) is 9.48. The van der Waals surface area contributed by atoms with E-state index in [1.165, 1.54) is 0 Å². The molecule has 1 aromatic heterocycles. The van der Waals surface area contributed by atoms with E-state index < -0.39 is 0 Å². The molecule has 7 nitrogen and oxygen atoms in total. The highest BCUT2D eigenvalue weighted by atomic mass is 16.5. The Hall–Kier alpha value is -2.83. The van der Waals surface area contributed by atoms with Gasteiger partial charge in [-0.15, -0.1) is 0 Å². The first-order valence-corrected chi connectivity index (χ1v) is 8.85. The molecule has 0 aliphatic rings. The van der Waals surface area contributed by atoms with Crippen LogP contribution in [0.1, 0.15) is 27.7 Å². The van der Waals surface area contributed by atoms with Gasteiger partial charge in [0, 0.05) is 30.8 Å². The van der Waals surface area contributed by atoms with Crippen molar-refractivity contribution in [2.75, 3.05) is 30.3 Å². The summed E-state index contributed by atoms with van der Waals surface area (Å²) in [5.74, 6) is 1.47. The van der Waals surface area contributed by atoms with E-state index in [1.54, 1.807) is 6.07 Å². The normalized spacial score (nSPS) is 10.7. The van der Waals surface area contributed by atoms with Crippen LogP contribution >= 0.6 is 0 Å². The van der Waals surface area contributed by atoms with Gasteiger partial charge in [0.25, 0.3) is 5.91 Å². The molecule has 0 fully saturated rings. The van der Waals surface area contributed by atoms with Gasteiger partial charge in [0.1, 0.15) is 11.6 Å². The lowest BCUT2D eigenvalue weighted by molar-refractivity contribution is -0.123. The number of aromatic nitrogens is 2. The van der Waals surface area contributed by atoms with Crippen molar-refractivity contribution in [3.8, 4) is 17.0 Å². The molecule has 0 spiro atoms. The summed E-state index contributed by atoms with van der Waals surface area (Å²) in [7, 11) is 0. The zero-order valence-electron chi connectivity index (χ0n) is 15.8. The van der Waals surface area contributed by atoms with Gasteiger partial charge in [0.15, 0.2) is 6.61 Å². The molecule has 1 aromatic carbocycles. The fourth-order valence-electron chi connectivity index (χ4n) is 2.51. The summed E-state index contributed by atoms with van der Waals surface area (Å²) >= 11 is 0. The Labute approximate surface area is 154 Å². The molecule has 0 aliphatic heterocycles. The zero-order chi connectivity index (χ0) is 19.1. The van der Waals surface area contributed by atoms with Crippen molar-refractivity contribution < 1.29 is 9.53 Å². The van der Waals surface area contributed by atoms with Crippen LogP contribution in [0.3, 0.4) is 0 Å². The first-order valence-electron chi connectivity index (χ1n) is 8.85. The zero-order valence-corrected chi connectivity index (χ0v) is 15.8. The van der Waals surface area contributed by atoms with Crippen LogP contribution in [-0.2, 0) is 4.79 Å². The minimum atomic E-state index is -0.152. The standard InChI is InChI=1S/C19H27N5O2/c1-5-24(6-2)19-22-16(11-17(20)23-19)14-8-7-9-15(10-14)26-12-18(25)21-13(3)4/h7-11,13H,5-6,12H2,1-4H3,(H,21,25)(H2,20,22,23). The van der Waals surface area contributed by atoms with Crippen LogP contribution in [0.4, 0.5) is 11.8 Å². The van der Waals surface area contributed by atoms with Gasteiger partial charge < -0.3 is 20.7 Å². The number of anilines is 2. The Bertz CT molecular complexity index is 744. The number of nitrogens with two attached hydrogens (primary N) is 1. The van der Waals surface area contributed by atoms with Crippen LogP contribution in [0.2, 0.25) is 0 Å². The molecule has 0 radical (unpaired) electrons. The maximum Gasteiger partial charge on any atom is 0.258 e. The van der Waals surface area contributed by atoms with Crippen molar-refractivity contribution in [1.82, 2.24) is 15.3 Å². The highest BCUT2D eigenvalue weighted by molar-refractivity contribution is 5.77. The number of nitrogens with one attached hydrogen (secondary N) is 1. The van der Waals surface area contributed by atoms with Gasteiger partial charge in [0.2, 0.25) is 5.95 Å². The molecule has 2 aromatic rings. The van der Waals surface area contributed by atoms with Crippen molar-refractivity contribution in [2.24, 2.45) is 0 Å². The first kappa shape index (κ1) is 19.5. The predicted octanol–water partition coefficient (Wildman–Crippen LogP) is 2.48. The molecule has 0 saturated heterocycles. The summed E-state index contributed by atoms with van der Waals surface area (Å²) in [4.78, 5) is 22.7. The summed E-state index contributed by atoms with van der Waals surface area (Å²) < 4.78 is 5.58. The van der Waals surface area contributed by atoms with Gasteiger partial charge >= 0.3 is 0 Å². The van der Waals surface area contributed by atoms with E-state index in [2.05, 4.69) is 15.3 Å². The van der Waals surface area contributed by atoms with Gasteiger partial charge in [-0.05, 0) is 39.8 Å². The van der Waals surface area contributed by atoms with Crippen molar-refractivity contribution in [2.45, 2.75) is 33.7 Å². The highest BCUT2D eigenvalue weighted by Gasteiger charge is 2.11. The number of ether oxygens (including phenoxy) is 1. The second kappa shape index (κ2) is 9.03. The van der Waals surface area contributed by atoms with E-state index in [9.17, 15) is 4.79 Å². The van der Waals surface area contributed by atoms with E-state index in [-0.39, 0.29) is 18.6 Å².